The lowest BCUT2D eigenvalue weighted by Crippen LogP contribution is -2.56. The van der Waals surface area contributed by atoms with Crippen molar-refractivity contribution in [3.8, 4) is 0 Å². The largest absolute Gasteiger partial charge is 0.379 e. The zero-order chi connectivity index (χ0) is 11.4. The SMILES string of the molecule is C=CCC(=O)C1(N2CCOCC2)CCCC1. The number of hydrogen-bond donors (Lipinski definition) is 0. The Kier molecular flexibility index (Phi) is 3.77. The average Bonchev–Trinajstić information content (AvgIpc) is 2.81. The van der Waals surface area contributed by atoms with Gasteiger partial charge in [0.25, 0.3) is 0 Å². The summed E-state index contributed by atoms with van der Waals surface area (Å²) in [5.74, 6) is 0.363. The summed E-state index contributed by atoms with van der Waals surface area (Å²) in [5.41, 5.74) is -0.183. The molecule has 0 unspecified atom stereocenters. The normalized spacial score (nSPS) is 25.5. The Morgan fingerprint density at radius 1 is 1.31 bits per heavy atom. The van der Waals surface area contributed by atoms with Crippen LogP contribution in [-0.2, 0) is 9.53 Å². The standard InChI is InChI=1S/C13H21NO2/c1-2-5-12(15)13(6-3-4-7-13)14-8-10-16-11-9-14/h2H,1,3-11H2. The molecule has 0 atom stereocenters. The van der Waals surface area contributed by atoms with E-state index in [1.165, 1.54) is 12.8 Å². The molecule has 3 nitrogen and oxygen atoms in total. The second-order valence-electron chi connectivity index (χ2n) is 4.75. The number of allylic oxidation sites excluding steroid dienone is 1. The lowest BCUT2D eigenvalue weighted by Gasteiger charge is -2.42. The molecule has 0 bridgehead atoms. The summed E-state index contributed by atoms with van der Waals surface area (Å²) in [6.45, 7) is 7.03. The van der Waals surface area contributed by atoms with Crippen LogP contribution in [0.15, 0.2) is 12.7 Å². The van der Waals surface area contributed by atoms with Gasteiger partial charge < -0.3 is 4.74 Å². The summed E-state index contributed by atoms with van der Waals surface area (Å²) in [6, 6.07) is 0. The smallest absolute Gasteiger partial charge is 0.156 e. The molecule has 2 aliphatic rings. The van der Waals surface area contributed by atoms with Gasteiger partial charge in [-0.1, -0.05) is 18.9 Å². The summed E-state index contributed by atoms with van der Waals surface area (Å²) >= 11 is 0. The molecule has 0 spiro atoms. The van der Waals surface area contributed by atoms with Gasteiger partial charge in [-0.3, -0.25) is 9.69 Å². The Hall–Kier alpha value is -0.670. The molecule has 0 N–H and O–H groups in total. The number of Topliss-reactive ketones (excluding diaryl/α,β-unsaturated/α-hetero) is 1. The van der Waals surface area contributed by atoms with Gasteiger partial charge in [-0.25, -0.2) is 0 Å². The van der Waals surface area contributed by atoms with Gasteiger partial charge in [-0.15, -0.1) is 6.58 Å². The number of morpholine rings is 1. The lowest BCUT2D eigenvalue weighted by atomic mass is 9.87. The first-order chi connectivity index (χ1) is 7.79. The van der Waals surface area contributed by atoms with Crippen LogP contribution in [0.3, 0.4) is 0 Å². The Morgan fingerprint density at radius 2 is 1.94 bits per heavy atom. The predicted molar refractivity (Wildman–Crippen MR) is 63.4 cm³/mol. The molecule has 1 heterocycles. The Balaban J connectivity index is 2.13. The van der Waals surface area contributed by atoms with Crippen molar-refractivity contribution >= 4 is 5.78 Å². The molecule has 1 saturated heterocycles. The predicted octanol–water partition coefficient (Wildman–Crippen LogP) is 1.78. The molecule has 0 amide bonds. The van der Waals surface area contributed by atoms with Crippen LogP contribution in [-0.4, -0.2) is 42.5 Å². The first-order valence-electron chi connectivity index (χ1n) is 6.26. The maximum atomic E-state index is 12.3. The van der Waals surface area contributed by atoms with E-state index >= 15 is 0 Å². The second kappa shape index (κ2) is 5.11. The number of ether oxygens (including phenoxy) is 1. The average molecular weight is 223 g/mol. The Bertz CT molecular complexity index is 263. The van der Waals surface area contributed by atoms with E-state index in [0.29, 0.717) is 12.2 Å². The summed E-state index contributed by atoms with van der Waals surface area (Å²) < 4.78 is 5.37. The van der Waals surface area contributed by atoms with E-state index < -0.39 is 0 Å². The van der Waals surface area contributed by atoms with E-state index in [0.717, 1.165) is 39.1 Å². The minimum Gasteiger partial charge on any atom is -0.379 e. The Labute approximate surface area is 97.5 Å². The third kappa shape index (κ3) is 2.06. The van der Waals surface area contributed by atoms with Gasteiger partial charge in [0.15, 0.2) is 5.78 Å². The highest BCUT2D eigenvalue weighted by atomic mass is 16.5. The van der Waals surface area contributed by atoms with Crippen molar-refractivity contribution in [2.24, 2.45) is 0 Å². The highest BCUT2D eigenvalue weighted by Crippen LogP contribution is 2.37. The molecule has 1 aliphatic carbocycles. The molecule has 0 aromatic rings. The third-order valence-electron chi connectivity index (χ3n) is 3.90. The van der Waals surface area contributed by atoms with Crippen LogP contribution in [0.4, 0.5) is 0 Å². The fourth-order valence-electron chi connectivity index (χ4n) is 3.04. The van der Waals surface area contributed by atoms with Crippen molar-refractivity contribution < 1.29 is 9.53 Å². The summed E-state index contributed by atoms with van der Waals surface area (Å²) in [6.07, 6.45) is 6.67. The van der Waals surface area contributed by atoms with Crippen molar-refractivity contribution in [3.05, 3.63) is 12.7 Å². The number of hydrogen-bond acceptors (Lipinski definition) is 3. The molecule has 2 fully saturated rings. The van der Waals surface area contributed by atoms with Crippen LogP contribution in [0.1, 0.15) is 32.1 Å². The highest BCUT2D eigenvalue weighted by Gasteiger charge is 2.45. The van der Waals surface area contributed by atoms with Crippen LogP contribution in [0.5, 0.6) is 0 Å². The maximum absolute atomic E-state index is 12.3. The maximum Gasteiger partial charge on any atom is 0.156 e. The van der Waals surface area contributed by atoms with Crippen molar-refractivity contribution in [2.75, 3.05) is 26.3 Å². The lowest BCUT2D eigenvalue weighted by molar-refractivity contribution is -0.133. The number of carbonyl (C=O) groups excluding carboxylic acids is 1. The van der Waals surface area contributed by atoms with Crippen LogP contribution < -0.4 is 0 Å². The van der Waals surface area contributed by atoms with E-state index in [1.807, 2.05) is 0 Å². The molecule has 0 radical (unpaired) electrons. The molecule has 2 rings (SSSR count). The van der Waals surface area contributed by atoms with Crippen molar-refractivity contribution in [1.29, 1.82) is 0 Å². The molecule has 16 heavy (non-hydrogen) atoms. The van der Waals surface area contributed by atoms with Gasteiger partial charge in [-0.05, 0) is 12.8 Å². The zero-order valence-electron chi connectivity index (χ0n) is 9.91. The van der Waals surface area contributed by atoms with Crippen molar-refractivity contribution in [1.82, 2.24) is 4.90 Å². The molecule has 90 valence electrons. The first-order valence-corrected chi connectivity index (χ1v) is 6.26. The van der Waals surface area contributed by atoms with Crippen molar-refractivity contribution in [3.63, 3.8) is 0 Å². The monoisotopic (exact) mass is 223 g/mol. The van der Waals surface area contributed by atoms with E-state index in [2.05, 4.69) is 11.5 Å². The van der Waals surface area contributed by atoms with Crippen LogP contribution >= 0.6 is 0 Å². The van der Waals surface area contributed by atoms with Gasteiger partial charge in [0.1, 0.15) is 0 Å². The molecule has 0 aromatic carbocycles. The summed E-state index contributed by atoms with van der Waals surface area (Å²) in [7, 11) is 0. The van der Waals surface area contributed by atoms with Gasteiger partial charge in [-0.2, -0.15) is 0 Å². The minimum atomic E-state index is -0.183. The second-order valence-corrected chi connectivity index (χ2v) is 4.75. The molecular weight excluding hydrogens is 202 g/mol. The third-order valence-corrected chi connectivity index (χ3v) is 3.90. The van der Waals surface area contributed by atoms with Gasteiger partial charge in [0, 0.05) is 19.5 Å². The van der Waals surface area contributed by atoms with Gasteiger partial charge in [0.05, 0.1) is 18.8 Å². The van der Waals surface area contributed by atoms with E-state index in [1.54, 1.807) is 6.08 Å². The fourth-order valence-corrected chi connectivity index (χ4v) is 3.04. The van der Waals surface area contributed by atoms with Gasteiger partial charge in [0.2, 0.25) is 0 Å². The number of ketones is 1. The fraction of sp³-hybridized carbons (Fsp3) is 0.769. The topological polar surface area (TPSA) is 29.5 Å². The van der Waals surface area contributed by atoms with E-state index in [4.69, 9.17) is 4.74 Å². The molecule has 3 heteroatoms. The summed E-state index contributed by atoms with van der Waals surface area (Å²) in [5, 5.41) is 0. The number of nitrogens with zero attached hydrogens (tertiary/aromatic N) is 1. The zero-order valence-corrected chi connectivity index (χ0v) is 9.91. The molecular formula is C13H21NO2. The van der Waals surface area contributed by atoms with Crippen LogP contribution in [0.2, 0.25) is 0 Å². The van der Waals surface area contributed by atoms with Crippen LogP contribution in [0.25, 0.3) is 0 Å². The van der Waals surface area contributed by atoms with Gasteiger partial charge >= 0.3 is 0 Å². The van der Waals surface area contributed by atoms with Crippen molar-refractivity contribution in [2.45, 2.75) is 37.6 Å². The van der Waals surface area contributed by atoms with Crippen LogP contribution in [0, 0.1) is 0 Å². The number of carbonyl (C=O) groups is 1. The van der Waals surface area contributed by atoms with E-state index in [-0.39, 0.29) is 5.54 Å². The first kappa shape index (κ1) is 11.8. The Morgan fingerprint density at radius 3 is 2.50 bits per heavy atom. The quantitative estimate of drug-likeness (QED) is 0.680. The molecule has 1 aliphatic heterocycles. The van der Waals surface area contributed by atoms with E-state index in [9.17, 15) is 4.79 Å². The highest BCUT2D eigenvalue weighted by molar-refractivity contribution is 5.89. The molecule has 1 saturated carbocycles. The minimum absolute atomic E-state index is 0.183. The molecule has 0 aromatic heterocycles. The number of rotatable bonds is 4. The summed E-state index contributed by atoms with van der Waals surface area (Å²) in [4.78, 5) is 14.7.